The minimum Gasteiger partial charge on any atom is -0.387 e. The lowest BCUT2D eigenvalue weighted by atomic mass is 9.85. The molecular formula is C18H27NO. The summed E-state index contributed by atoms with van der Waals surface area (Å²) in [6.07, 6.45) is 8.49. The molecule has 2 atom stereocenters. The highest BCUT2D eigenvalue weighted by Crippen LogP contribution is 2.31. The van der Waals surface area contributed by atoms with Gasteiger partial charge in [-0.2, -0.15) is 0 Å². The van der Waals surface area contributed by atoms with Crippen LogP contribution in [0.1, 0.15) is 61.8 Å². The highest BCUT2D eigenvalue weighted by Gasteiger charge is 2.27. The third-order valence-corrected chi connectivity index (χ3v) is 5.17. The van der Waals surface area contributed by atoms with Crippen molar-refractivity contribution in [2.45, 2.75) is 64.0 Å². The molecule has 1 aliphatic carbocycles. The minimum absolute atomic E-state index is 0.240. The van der Waals surface area contributed by atoms with Gasteiger partial charge in [-0.1, -0.05) is 24.6 Å². The first kappa shape index (κ1) is 14.1. The fraction of sp³-hybridized carbons (Fsp3) is 0.667. The SMILES string of the molecule is C[C@@H]([C@@H](O)c1cccc2c1CCCC2)N1CCCCC1. The van der Waals surface area contributed by atoms with Crippen LogP contribution in [0.3, 0.4) is 0 Å². The van der Waals surface area contributed by atoms with Gasteiger partial charge in [-0.05, 0) is 75.2 Å². The Hall–Kier alpha value is -0.860. The molecule has 0 amide bonds. The largest absolute Gasteiger partial charge is 0.387 e. The summed E-state index contributed by atoms with van der Waals surface area (Å²) in [5.74, 6) is 0. The molecule has 1 aliphatic heterocycles. The van der Waals surface area contributed by atoms with Crippen molar-refractivity contribution in [3.8, 4) is 0 Å². The van der Waals surface area contributed by atoms with Gasteiger partial charge in [0, 0.05) is 6.04 Å². The summed E-state index contributed by atoms with van der Waals surface area (Å²) in [5.41, 5.74) is 4.11. The second kappa shape index (κ2) is 6.28. The zero-order valence-corrected chi connectivity index (χ0v) is 12.6. The van der Waals surface area contributed by atoms with Crippen molar-refractivity contribution >= 4 is 0 Å². The molecule has 2 nitrogen and oxygen atoms in total. The maximum absolute atomic E-state index is 10.9. The minimum atomic E-state index is -0.332. The van der Waals surface area contributed by atoms with Crippen LogP contribution in [-0.2, 0) is 12.8 Å². The molecule has 1 heterocycles. The van der Waals surface area contributed by atoms with E-state index in [1.807, 2.05) is 0 Å². The fourth-order valence-corrected chi connectivity index (χ4v) is 3.87. The normalized spacial score (nSPS) is 23.1. The number of aryl methyl sites for hydroxylation is 1. The zero-order valence-electron chi connectivity index (χ0n) is 12.6. The maximum Gasteiger partial charge on any atom is 0.0945 e. The van der Waals surface area contributed by atoms with E-state index in [0.29, 0.717) is 0 Å². The molecule has 1 aromatic rings. The van der Waals surface area contributed by atoms with E-state index in [1.54, 1.807) is 0 Å². The lowest BCUT2D eigenvalue weighted by Gasteiger charge is -2.36. The molecule has 1 N–H and O–H groups in total. The van der Waals surface area contributed by atoms with Gasteiger partial charge in [0.2, 0.25) is 0 Å². The van der Waals surface area contributed by atoms with Crippen LogP contribution in [0.4, 0.5) is 0 Å². The Labute approximate surface area is 122 Å². The van der Waals surface area contributed by atoms with Crippen molar-refractivity contribution < 1.29 is 5.11 Å². The number of hydrogen-bond donors (Lipinski definition) is 1. The lowest BCUT2D eigenvalue weighted by molar-refractivity contribution is 0.0464. The Balaban J connectivity index is 1.80. The topological polar surface area (TPSA) is 23.5 Å². The van der Waals surface area contributed by atoms with E-state index in [0.717, 1.165) is 19.5 Å². The molecular weight excluding hydrogens is 246 g/mol. The molecule has 2 heteroatoms. The fourth-order valence-electron chi connectivity index (χ4n) is 3.87. The molecule has 0 saturated carbocycles. The van der Waals surface area contributed by atoms with Gasteiger partial charge in [0.1, 0.15) is 0 Å². The molecule has 0 aromatic heterocycles. The summed E-state index contributed by atoms with van der Waals surface area (Å²) in [5, 5.41) is 10.9. The molecule has 0 spiro atoms. The lowest BCUT2D eigenvalue weighted by Crippen LogP contribution is -2.41. The molecule has 0 radical (unpaired) electrons. The van der Waals surface area contributed by atoms with Gasteiger partial charge < -0.3 is 5.11 Å². The molecule has 1 aromatic carbocycles. The van der Waals surface area contributed by atoms with Crippen molar-refractivity contribution in [2.24, 2.45) is 0 Å². The van der Waals surface area contributed by atoms with E-state index in [4.69, 9.17) is 0 Å². The molecule has 0 unspecified atom stereocenters. The monoisotopic (exact) mass is 273 g/mol. The molecule has 1 fully saturated rings. The van der Waals surface area contributed by atoms with E-state index in [1.165, 1.54) is 55.2 Å². The Bertz CT molecular complexity index is 451. The Morgan fingerprint density at radius 3 is 2.55 bits per heavy atom. The van der Waals surface area contributed by atoms with Crippen molar-refractivity contribution in [3.63, 3.8) is 0 Å². The average Bonchev–Trinajstić information content (AvgIpc) is 2.54. The standard InChI is InChI=1S/C18H27NO/c1-14(19-12-5-2-6-13-19)18(20)17-11-7-9-15-8-3-4-10-16(15)17/h7,9,11,14,18,20H,2-6,8,10,12-13H2,1H3/t14-,18+/m0/s1. The van der Waals surface area contributed by atoms with Crippen molar-refractivity contribution in [1.29, 1.82) is 0 Å². The number of fused-ring (bicyclic) bond motifs is 1. The van der Waals surface area contributed by atoms with Crippen molar-refractivity contribution in [3.05, 3.63) is 34.9 Å². The summed E-state index contributed by atoms with van der Waals surface area (Å²) in [6, 6.07) is 6.76. The van der Waals surface area contributed by atoms with Gasteiger partial charge in [-0.15, -0.1) is 0 Å². The van der Waals surface area contributed by atoms with Gasteiger partial charge in [-0.3, -0.25) is 4.90 Å². The van der Waals surface area contributed by atoms with Crippen LogP contribution in [0, 0.1) is 0 Å². The first-order valence-corrected chi connectivity index (χ1v) is 8.30. The first-order valence-electron chi connectivity index (χ1n) is 8.30. The smallest absolute Gasteiger partial charge is 0.0945 e. The Morgan fingerprint density at radius 1 is 1.00 bits per heavy atom. The number of nitrogens with zero attached hydrogens (tertiary/aromatic N) is 1. The number of likely N-dealkylation sites (tertiary alicyclic amines) is 1. The summed E-state index contributed by atoms with van der Waals surface area (Å²) in [4.78, 5) is 2.47. The highest BCUT2D eigenvalue weighted by molar-refractivity contribution is 5.38. The predicted octanol–water partition coefficient (Wildman–Crippen LogP) is 3.47. The third-order valence-electron chi connectivity index (χ3n) is 5.17. The number of aliphatic hydroxyl groups is 1. The van der Waals surface area contributed by atoms with Crippen LogP contribution < -0.4 is 0 Å². The van der Waals surface area contributed by atoms with Gasteiger partial charge in [0.25, 0.3) is 0 Å². The highest BCUT2D eigenvalue weighted by atomic mass is 16.3. The van der Waals surface area contributed by atoms with E-state index >= 15 is 0 Å². The second-order valence-electron chi connectivity index (χ2n) is 6.47. The van der Waals surface area contributed by atoms with Crippen LogP contribution in [0.25, 0.3) is 0 Å². The maximum atomic E-state index is 10.9. The number of benzene rings is 1. The van der Waals surface area contributed by atoms with E-state index < -0.39 is 0 Å². The number of piperidine rings is 1. The van der Waals surface area contributed by atoms with Crippen LogP contribution in [0.15, 0.2) is 18.2 Å². The van der Waals surface area contributed by atoms with Crippen molar-refractivity contribution in [2.75, 3.05) is 13.1 Å². The van der Waals surface area contributed by atoms with E-state index in [9.17, 15) is 5.11 Å². The molecule has 1 saturated heterocycles. The van der Waals surface area contributed by atoms with Gasteiger partial charge in [0.15, 0.2) is 0 Å². The van der Waals surface area contributed by atoms with Gasteiger partial charge >= 0.3 is 0 Å². The van der Waals surface area contributed by atoms with Crippen LogP contribution >= 0.6 is 0 Å². The van der Waals surface area contributed by atoms with Crippen LogP contribution in [-0.4, -0.2) is 29.1 Å². The average molecular weight is 273 g/mol. The van der Waals surface area contributed by atoms with Gasteiger partial charge in [-0.25, -0.2) is 0 Å². The number of hydrogen-bond acceptors (Lipinski definition) is 2. The zero-order chi connectivity index (χ0) is 13.9. The predicted molar refractivity (Wildman–Crippen MR) is 82.9 cm³/mol. The van der Waals surface area contributed by atoms with E-state index in [2.05, 4.69) is 30.0 Å². The quantitative estimate of drug-likeness (QED) is 0.911. The molecule has 2 aliphatic rings. The second-order valence-corrected chi connectivity index (χ2v) is 6.47. The summed E-state index contributed by atoms with van der Waals surface area (Å²) in [7, 11) is 0. The molecule has 3 rings (SSSR count). The number of rotatable bonds is 3. The summed E-state index contributed by atoms with van der Waals surface area (Å²) in [6.45, 7) is 4.48. The van der Waals surface area contributed by atoms with E-state index in [-0.39, 0.29) is 12.1 Å². The van der Waals surface area contributed by atoms with Gasteiger partial charge in [0.05, 0.1) is 6.10 Å². The first-order chi connectivity index (χ1) is 9.77. The van der Waals surface area contributed by atoms with Crippen molar-refractivity contribution in [1.82, 2.24) is 4.90 Å². The summed E-state index contributed by atoms with van der Waals surface area (Å²) >= 11 is 0. The van der Waals surface area contributed by atoms with Crippen LogP contribution in [0.5, 0.6) is 0 Å². The molecule has 0 bridgehead atoms. The summed E-state index contributed by atoms with van der Waals surface area (Å²) < 4.78 is 0. The molecule has 110 valence electrons. The Morgan fingerprint density at radius 2 is 1.75 bits per heavy atom. The third kappa shape index (κ3) is 2.77. The Kier molecular flexibility index (Phi) is 4.42. The molecule has 20 heavy (non-hydrogen) atoms. The van der Waals surface area contributed by atoms with Crippen LogP contribution in [0.2, 0.25) is 0 Å². The number of aliphatic hydroxyl groups excluding tert-OH is 1.